The summed E-state index contributed by atoms with van der Waals surface area (Å²) in [5.74, 6) is -0.783. The number of carbonyl (C=O) groups excluding carboxylic acids is 1. The first kappa shape index (κ1) is 17.4. The van der Waals surface area contributed by atoms with Crippen LogP contribution in [0, 0.1) is 0 Å². The predicted octanol–water partition coefficient (Wildman–Crippen LogP) is 3.30. The van der Waals surface area contributed by atoms with Crippen LogP contribution >= 0.6 is 12.6 Å². The molecule has 130 valence electrons. The molecule has 1 aliphatic rings. The van der Waals surface area contributed by atoms with Gasteiger partial charge in [0, 0.05) is 5.92 Å². The van der Waals surface area contributed by atoms with Crippen LogP contribution in [-0.4, -0.2) is 35.6 Å². The molecule has 1 aliphatic carbocycles. The van der Waals surface area contributed by atoms with Gasteiger partial charge in [0.25, 0.3) is 0 Å². The predicted molar refractivity (Wildman–Crippen MR) is 98.1 cm³/mol. The number of benzene rings is 2. The molecule has 2 N–H and O–H groups in total. The number of fused-ring (bicyclic) bond motifs is 3. The minimum atomic E-state index is -1.09. The molecule has 0 aliphatic heterocycles. The average molecular weight is 357 g/mol. The fourth-order valence-corrected chi connectivity index (χ4v) is 3.43. The van der Waals surface area contributed by atoms with Gasteiger partial charge in [0.1, 0.15) is 12.6 Å². The van der Waals surface area contributed by atoms with E-state index in [9.17, 15) is 9.59 Å². The number of alkyl carbamates (subject to hydrolysis) is 1. The van der Waals surface area contributed by atoms with Crippen molar-refractivity contribution in [2.24, 2.45) is 0 Å². The van der Waals surface area contributed by atoms with Gasteiger partial charge in [-0.25, -0.2) is 9.59 Å². The molecule has 0 bridgehead atoms. The van der Waals surface area contributed by atoms with Crippen molar-refractivity contribution in [3.8, 4) is 11.1 Å². The molecule has 3 rings (SSSR count). The summed E-state index contributed by atoms with van der Waals surface area (Å²) in [5, 5.41) is 11.5. The first-order valence-corrected chi connectivity index (χ1v) is 8.70. The Hall–Kier alpha value is -2.47. The van der Waals surface area contributed by atoms with Gasteiger partial charge in [0.15, 0.2) is 0 Å². The van der Waals surface area contributed by atoms with E-state index >= 15 is 0 Å². The minimum Gasteiger partial charge on any atom is -0.480 e. The third kappa shape index (κ3) is 3.64. The molecule has 2 aromatic carbocycles. The molecule has 6 heteroatoms. The van der Waals surface area contributed by atoms with Crippen molar-refractivity contribution in [2.75, 3.05) is 12.4 Å². The van der Waals surface area contributed by atoms with Crippen LogP contribution in [0.5, 0.6) is 0 Å². The van der Waals surface area contributed by atoms with Gasteiger partial charge in [0.2, 0.25) is 0 Å². The number of hydrogen-bond donors (Lipinski definition) is 3. The van der Waals surface area contributed by atoms with Crippen molar-refractivity contribution in [3.63, 3.8) is 0 Å². The van der Waals surface area contributed by atoms with Gasteiger partial charge in [-0.1, -0.05) is 48.5 Å². The summed E-state index contributed by atoms with van der Waals surface area (Å²) in [7, 11) is 0. The standard InChI is InChI=1S/C19H19NO4S/c21-18(22)17(9-10-25)20-19(23)24-11-16-14-7-3-1-5-12(14)13-6-2-4-8-15(13)16/h1-8,16-17,25H,9-11H2,(H,20,23)(H,21,22)/t17-/m1/s1. The second kappa shape index (κ2) is 7.61. The van der Waals surface area contributed by atoms with Crippen LogP contribution < -0.4 is 5.32 Å². The van der Waals surface area contributed by atoms with E-state index in [0.29, 0.717) is 5.75 Å². The fourth-order valence-electron chi connectivity index (χ4n) is 3.17. The number of ether oxygens (including phenoxy) is 1. The molecule has 0 saturated carbocycles. The number of rotatable bonds is 6. The van der Waals surface area contributed by atoms with Crippen LogP contribution in [0.2, 0.25) is 0 Å². The van der Waals surface area contributed by atoms with Crippen molar-refractivity contribution < 1.29 is 19.4 Å². The van der Waals surface area contributed by atoms with Crippen molar-refractivity contribution in [3.05, 3.63) is 59.7 Å². The quantitative estimate of drug-likeness (QED) is 0.694. The van der Waals surface area contributed by atoms with Crippen LogP contribution in [0.25, 0.3) is 11.1 Å². The van der Waals surface area contributed by atoms with Crippen LogP contribution in [-0.2, 0) is 9.53 Å². The van der Waals surface area contributed by atoms with Crippen LogP contribution in [0.3, 0.4) is 0 Å². The average Bonchev–Trinajstić information content (AvgIpc) is 2.93. The molecular weight excluding hydrogens is 338 g/mol. The monoisotopic (exact) mass is 357 g/mol. The zero-order chi connectivity index (χ0) is 17.8. The Labute approximate surface area is 151 Å². The Morgan fingerprint density at radius 1 is 1.08 bits per heavy atom. The van der Waals surface area contributed by atoms with Gasteiger partial charge in [-0.3, -0.25) is 0 Å². The Bertz CT molecular complexity index is 747. The van der Waals surface area contributed by atoms with E-state index in [1.165, 1.54) is 0 Å². The third-order valence-corrected chi connectivity index (χ3v) is 4.61. The molecule has 1 atom stereocenters. The van der Waals surface area contributed by atoms with Crippen molar-refractivity contribution in [1.82, 2.24) is 5.32 Å². The maximum absolute atomic E-state index is 12.0. The second-order valence-electron chi connectivity index (χ2n) is 5.87. The highest BCUT2D eigenvalue weighted by Crippen LogP contribution is 2.44. The molecule has 5 nitrogen and oxygen atoms in total. The van der Waals surface area contributed by atoms with Crippen molar-refractivity contribution in [2.45, 2.75) is 18.4 Å². The summed E-state index contributed by atoms with van der Waals surface area (Å²) in [4.78, 5) is 23.1. The van der Waals surface area contributed by atoms with E-state index in [1.807, 2.05) is 36.4 Å². The minimum absolute atomic E-state index is 0.0497. The smallest absolute Gasteiger partial charge is 0.407 e. The van der Waals surface area contributed by atoms with E-state index in [4.69, 9.17) is 9.84 Å². The molecule has 0 unspecified atom stereocenters. The topological polar surface area (TPSA) is 75.6 Å². The SMILES string of the molecule is O=C(N[C@H](CCS)C(=O)O)OCC1c2ccccc2-c2ccccc21. The second-order valence-corrected chi connectivity index (χ2v) is 6.32. The summed E-state index contributed by atoms with van der Waals surface area (Å²) >= 11 is 4.01. The Kier molecular flexibility index (Phi) is 5.28. The van der Waals surface area contributed by atoms with Crippen molar-refractivity contribution >= 4 is 24.7 Å². The Morgan fingerprint density at radius 3 is 2.16 bits per heavy atom. The lowest BCUT2D eigenvalue weighted by Gasteiger charge is -2.17. The summed E-state index contributed by atoms with van der Waals surface area (Å²) < 4.78 is 5.33. The Balaban J connectivity index is 1.71. The molecule has 0 heterocycles. The van der Waals surface area contributed by atoms with Gasteiger partial charge < -0.3 is 15.2 Å². The molecule has 0 saturated heterocycles. The normalized spacial score (nSPS) is 13.6. The molecule has 0 fully saturated rings. The highest BCUT2D eigenvalue weighted by molar-refractivity contribution is 7.80. The fraction of sp³-hybridized carbons (Fsp3) is 0.263. The summed E-state index contributed by atoms with van der Waals surface area (Å²) in [6.07, 6.45) is -0.487. The molecule has 1 amide bonds. The lowest BCUT2D eigenvalue weighted by Crippen LogP contribution is -2.41. The van der Waals surface area contributed by atoms with E-state index < -0.39 is 18.1 Å². The van der Waals surface area contributed by atoms with E-state index in [2.05, 4.69) is 30.1 Å². The molecule has 0 radical (unpaired) electrons. The van der Waals surface area contributed by atoms with E-state index in [-0.39, 0.29) is 18.9 Å². The summed E-state index contributed by atoms with van der Waals surface area (Å²) in [6, 6.07) is 15.1. The number of carboxylic acid groups (broad SMARTS) is 1. The lowest BCUT2D eigenvalue weighted by molar-refractivity contribution is -0.139. The number of carbonyl (C=O) groups is 2. The number of thiol groups is 1. The van der Waals surface area contributed by atoms with E-state index in [1.54, 1.807) is 0 Å². The third-order valence-electron chi connectivity index (χ3n) is 4.35. The zero-order valence-electron chi connectivity index (χ0n) is 13.5. The molecule has 0 aromatic heterocycles. The number of nitrogens with one attached hydrogen (secondary N) is 1. The first-order valence-electron chi connectivity index (χ1n) is 8.07. The number of aliphatic carboxylic acids is 1. The summed E-state index contributed by atoms with van der Waals surface area (Å²) in [6.45, 7) is 0.160. The van der Waals surface area contributed by atoms with Gasteiger partial charge in [0.05, 0.1) is 0 Å². The van der Waals surface area contributed by atoms with Gasteiger partial charge in [-0.2, -0.15) is 12.6 Å². The number of carboxylic acids is 1. The largest absolute Gasteiger partial charge is 0.480 e. The maximum atomic E-state index is 12.0. The van der Waals surface area contributed by atoms with Crippen molar-refractivity contribution in [1.29, 1.82) is 0 Å². The molecular formula is C19H19NO4S. The van der Waals surface area contributed by atoms with Gasteiger partial charge in [-0.15, -0.1) is 0 Å². The number of hydrogen-bond acceptors (Lipinski definition) is 4. The highest BCUT2D eigenvalue weighted by atomic mass is 32.1. The highest BCUT2D eigenvalue weighted by Gasteiger charge is 2.29. The molecule has 2 aromatic rings. The van der Waals surface area contributed by atoms with Crippen LogP contribution in [0.1, 0.15) is 23.5 Å². The van der Waals surface area contributed by atoms with E-state index in [0.717, 1.165) is 22.3 Å². The van der Waals surface area contributed by atoms with Gasteiger partial charge >= 0.3 is 12.1 Å². The lowest BCUT2D eigenvalue weighted by atomic mass is 9.98. The van der Waals surface area contributed by atoms with Crippen LogP contribution in [0.4, 0.5) is 4.79 Å². The zero-order valence-corrected chi connectivity index (χ0v) is 14.4. The van der Waals surface area contributed by atoms with Gasteiger partial charge in [-0.05, 0) is 34.4 Å². The summed E-state index contributed by atoms with van der Waals surface area (Å²) in [5.41, 5.74) is 4.51. The Morgan fingerprint density at radius 2 is 1.64 bits per heavy atom. The number of amides is 1. The maximum Gasteiger partial charge on any atom is 0.407 e. The molecule has 0 spiro atoms. The molecule has 25 heavy (non-hydrogen) atoms. The van der Waals surface area contributed by atoms with Crippen LogP contribution in [0.15, 0.2) is 48.5 Å². The first-order chi connectivity index (χ1) is 12.1.